The number of nitrogens with zero attached hydrogens (tertiary/aromatic N) is 1. The van der Waals surface area contributed by atoms with Gasteiger partial charge in [-0.25, -0.2) is 18.6 Å². The molecule has 13 heteroatoms. The Labute approximate surface area is 207 Å². The Morgan fingerprint density at radius 2 is 1.50 bits per heavy atom. The lowest BCUT2D eigenvalue weighted by Gasteiger charge is -2.15. The first kappa shape index (κ1) is 29.0. The Balaban J connectivity index is 0.00000133. The summed E-state index contributed by atoms with van der Waals surface area (Å²) in [7, 11) is 7.36. The second-order valence-corrected chi connectivity index (χ2v) is 8.61. The molecule has 1 aromatic heterocycles. The van der Waals surface area contributed by atoms with Gasteiger partial charge in [0.1, 0.15) is 12.3 Å². The monoisotopic (exact) mass is 532 g/mol. The van der Waals surface area contributed by atoms with Crippen LogP contribution in [0.25, 0.3) is 0 Å². The second-order valence-electron chi connectivity index (χ2n) is 6.09. The van der Waals surface area contributed by atoms with Crippen molar-refractivity contribution >= 4 is 54.4 Å². The number of aromatic nitrogens is 1. The summed E-state index contributed by atoms with van der Waals surface area (Å²) in [6.45, 7) is 3.30. The standard InChI is InChI=1S/C21H22N2O7.Cl2OS/c1-3-28-20(26)17(21(27)29-4-2)23-18(24)16-11-10-15(12-22-16)19(25)30-13-14-8-6-5-7-9-14;1-4(2)3/h5-12,17H,3-4,13H2,1-2H3,(H,23,24);. The maximum atomic E-state index is 12.4. The van der Waals surface area contributed by atoms with E-state index in [1.165, 1.54) is 18.3 Å². The number of rotatable bonds is 9. The van der Waals surface area contributed by atoms with Crippen LogP contribution in [0.4, 0.5) is 0 Å². The quantitative estimate of drug-likeness (QED) is 0.223. The summed E-state index contributed by atoms with van der Waals surface area (Å²) in [5.41, 5.74) is 0.877. The predicted molar refractivity (Wildman–Crippen MR) is 124 cm³/mol. The van der Waals surface area contributed by atoms with Gasteiger partial charge in [0.2, 0.25) is 15.3 Å². The van der Waals surface area contributed by atoms with Gasteiger partial charge in [0.25, 0.3) is 5.91 Å². The molecule has 34 heavy (non-hydrogen) atoms. The Bertz CT molecular complexity index is 968. The van der Waals surface area contributed by atoms with Crippen LogP contribution >= 0.6 is 21.4 Å². The zero-order chi connectivity index (χ0) is 25.5. The fourth-order valence-electron chi connectivity index (χ4n) is 2.33. The molecule has 1 aromatic carbocycles. The molecule has 2 rings (SSSR count). The summed E-state index contributed by atoms with van der Waals surface area (Å²) >= 11 is 0. The molecule has 0 aliphatic rings. The van der Waals surface area contributed by atoms with Crippen molar-refractivity contribution in [3.63, 3.8) is 0 Å². The van der Waals surface area contributed by atoms with Crippen LogP contribution in [0.15, 0.2) is 48.7 Å². The van der Waals surface area contributed by atoms with E-state index >= 15 is 0 Å². The van der Waals surface area contributed by atoms with Crippen molar-refractivity contribution in [3.05, 3.63) is 65.5 Å². The average Bonchev–Trinajstić information content (AvgIpc) is 2.81. The van der Waals surface area contributed by atoms with E-state index in [1.54, 1.807) is 13.8 Å². The predicted octanol–water partition coefficient (Wildman–Crippen LogP) is 2.71. The van der Waals surface area contributed by atoms with E-state index in [2.05, 4.69) is 31.7 Å². The Hall–Kier alpha value is -3.02. The number of hydrogen-bond acceptors (Lipinski definition) is 9. The van der Waals surface area contributed by atoms with Crippen molar-refractivity contribution in [1.29, 1.82) is 0 Å². The molecule has 0 bridgehead atoms. The fraction of sp³-hybridized carbons (Fsp3) is 0.286. The van der Waals surface area contributed by atoms with E-state index in [9.17, 15) is 19.2 Å². The summed E-state index contributed by atoms with van der Waals surface area (Å²) in [6, 6.07) is 10.2. The average molecular weight is 533 g/mol. The van der Waals surface area contributed by atoms with Crippen LogP contribution in [0.2, 0.25) is 0 Å². The molecule has 0 aliphatic carbocycles. The molecule has 1 heterocycles. The highest BCUT2D eigenvalue weighted by Gasteiger charge is 2.31. The van der Waals surface area contributed by atoms with Crippen molar-refractivity contribution in [2.24, 2.45) is 0 Å². The lowest BCUT2D eigenvalue weighted by atomic mass is 10.2. The Morgan fingerprint density at radius 3 is 1.97 bits per heavy atom. The SMILES string of the molecule is CCOC(=O)C(NC(=O)c1ccc(C(=O)OCc2ccccc2)cn1)C(=O)OCC.O=S(Cl)Cl. The summed E-state index contributed by atoms with van der Waals surface area (Å²) in [5.74, 6) is -3.28. The van der Waals surface area contributed by atoms with Gasteiger partial charge in [-0.2, -0.15) is 0 Å². The molecule has 0 fully saturated rings. The van der Waals surface area contributed by atoms with Gasteiger partial charge in [-0.1, -0.05) is 30.3 Å². The molecule has 184 valence electrons. The first-order valence-electron chi connectivity index (χ1n) is 9.75. The minimum Gasteiger partial charge on any atom is -0.464 e. The molecule has 10 nitrogen and oxygen atoms in total. The topological polar surface area (TPSA) is 138 Å². The lowest BCUT2D eigenvalue weighted by Crippen LogP contribution is -2.48. The third-order valence-electron chi connectivity index (χ3n) is 3.76. The molecule has 0 atom stereocenters. The number of carbonyl (C=O) groups excluding carboxylic acids is 4. The van der Waals surface area contributed by atoms with Crippen molar-refractivity contribution in [2.75, 3.05) is 13.2 Å². The highest BCUT2D eigenvalue weighted by Crippen LogP contribution is 2.07. The van der Waals surface area contributed by atoms with Crippen molar-refractivity contribution in [1.82, 2.24) is 10.3 Å². The molecule has 2 aromatic rings. The van der Waals surface area contributed by atoms with Crippen LogP contribution in [0.1, 0.15) is 40.3 Å². The van der Waals surface area contributed by atoms with Gasteiger partial charge in [0.15, 0.2) is 0 Å². The molecule has 0 spiro atoms. The zero-order valence-electron chi connectivity index (χ0n) is 18.2. The number of nitrogens with one attached hydrogen (secondary N) is 1. The molecule has 0 aliphatic heterocycles. The van der Waals surface area contributed by atoms with Gasteiger partial charge in [-0.05, 0) is 31.5 Å². The second kappa shape index (κ2) is 15.8. The van der Waals surface area contributed by atoms with E-state index in [4.69, 9.17) is 18.4 Å². The first-order valence-corrected chi connectivity index (χ1v) is 12.5. The highest BCUT2D eigenvalue weighted by molar-refractivity contribution is 8.26. The summed E-state index contributed by atoms with van der Waals surface area (Å²) in [5, 5.41) is 2.23. The van der Waals surface area contributed by atoms with E-state index < -0.39 is 39.1 Å². The molecule has 1 N–H and O–H groups in total. The van der Waals surface area contributed by atoms with Crippen molar-refractivity contribution in [2.45, 2.75) is 26.5 Å². The Morgan fingerprint density at radius 1 is 0.941 bits per heavy atom. The van der Waals surface area contributed by atoms with Gasteiger partial charge in [0.05, 0.1) is 18.8 Å². The van der Waals surface area contributed by atoms with Crippen LogP contribution in [-0.2, 0) is 39.6 Å². The molecule has 0 saturated heterocycles. The number of hydrogen-bond donors (Lipinski definition) is 1. The van der Waals surface area contributed by atoms with Gasteiger partial charge < -0.3 is 19.5 Å². The number of ether oxygens (including phenoxy) is 3. The van der Waals surface area contributed by atoms with Crippen LogP contribution in [0.5, 0.6) is 0 Å². The van der Waals surface area contributed by atoms with Crippen LogP contribution < -0.4 is 5.32 Å². The van der Waals surface area contributed by atoms with Gasteiger partial charge in [-0.3, -0.25) is 9.78 Å². The van der Waals surface area contributed by atoms with Gasteiger partial charge >= 0.3 is 17.9 Å². The number of carbonyl (C=O) groups is 4. The third kappa shape index (κ3) is 10.7. The normalized spacial score (nSPS) is 10.1. The van der Waals surface area contributed by atoms with E-state index in [-0.39, 0.29) is 31.1 Å². The van der Waals surface area contributed by atoms with Gasteiger partial charge in [0, 0.05) is 27.6 Å². The van der Waals surface area contributed by atoms with Crippen LogP contribution in [-0.4, -0.2) is 52.3 Å². The molecule has 0 unspecified atom stereocenters. The number of benzene rings is 1. The molecular formula is C21H22Cl2N2O8S. The smallest absolute Gasteiger partial charge is 0.340 e. The number of esters is 3. The van der Waals surface area contributed by atoms with Crippen LogP contribution in [0, 0.1) is 0 Å². The summed E-state index contributed by atoms with van der Waals surface area (Å²) < 4.78 is 23.9. The fourth-order valence-corrected chi connectivity index (χ4v) is 2.33. The highest BCUT2D eigenvalue weighted by atomic mass is 36.0. The number of amides is 1. The minimum atomic E-state index is -1.67. The van der Waals surface area contributed by atoms with E-state index in [0.29, 0.717) is 0 Å². The first-order chi connectivity index (χ1) is 16.2. The summed E-state index contributed by atoms with van der Waals surface area (Å²) in [6.07, 6.45) is 1.17. The van der Waals surface area contributed by atoms with Crippen LogP contribution in [0.3, 0.4) is 0 Å². The van der Waals surface area contributed by atoms with Crippen molar-refractivity contribution in [3.8, 4) is 0 Å². The van der Waals surface area contributed by atoms with Gasteiger partial charge in [-0.15, -0.1) is 0 Å². The largest absolute Gasteiger partial charge is 0.464 e. The molecular weight excluding hydrogens is 511 g/mol. The minimum absolute atomic E-state index is 0.0304. The van der Waals surface area contributed by atoms with Crippen molar-refractivity contribution < 1.29 is 37.6 Å². The Kier molecular flexibility index (Phi) is 13.4. The zero-order valence-corrected chi connectivity index (χ0v) is 20.5. The maximum absolute atomic E-state index is 12.4. The lowest BCUT2D eigenvalue weighted by molar-refractivity contribution is -0.157. The maximum Gasteiger partial charge on any atom is 0.340 e. The molecule has 0 radical (unpaired) electrons. The molecule has 1 amide bonds. The van der Waals surface area contributed by atoms with E-state index in [1.807, 2.05) is 30.3 Å². The third-order valence-corrected chi connectivity index (χ3v) is 3.76. The van der Waals surface area contributed by atoms with E-state index in [0.717, 1.165) is 5.56 Å². The molecule has 0 saturated carbocycles. The number of halogens is 2. The number of pyridine rings is 1. The summed E-state index contributed by atoms with van der Waals surface area (Å²) in [4.78, 5) is 52.3.